The lowest BCUT2D eigenvalue weighted by Gasteiger charge is -2.31. The van der Waals surface area contributed by atoms with E-state index in [0.29, 0.717) is 10.6 Å². The zero-order valence-electron chi connectivity index (χ0n) is 11.1. The molecular formula is C13H15BrClNO3. The van der Waals surface area contributed by atoms with Gasteiger partial charge in [-0.1, -0.05) is 11.6 Å². The van der Waals surface area contributed by atoms with Gasteiger partial charge < -0.3 is 10.0 Å². The highest BCUT2D eigenvalue weighted by molar-refractivity contribution is 9.10. The molecule has 0 aromatic heterocycles. The van der Waals surface area contributed by atoms with Gasteiger partial charge in [0.15, 0.2) is 0 Å². The Hall–Kier alpha value is -1.07. The average Bonchev–Trinajstić information content (AvgIpc) is 2.33. The first-order valence-corrected chi connectivity index (χ1v) is 6.73. The molecule has 0 saturated heterocycles. The van der Waals surface area contributed by atoms with E-state index in [-0.39, 0.29) is 5.91 Å². The smallest absolute Gasteiger partial charge is 0.329 e. The van der Waals surface area contributed by atoms with Crippen molar-refractivity contribution in [1.29, 1.82) is 0 Å². The van der Waals surface area contributed by atoms with Crippen LogP contribution in [0.1, 0.15) is 29.8 Å². The largest absolute Gasteiger partial charge is 0.480 e. The SMILES string of the molecule is Cc1cc(C(=O)N(C)C(C)(C)C(=O)O)cc(Cl)c1Br. The summed E-state index contributed by atoms with van der Waals surface area (Å²) < 4.78 is 0.728. The molecule has 19 heavy (non-hydrogen) atoms. The Morgan fingerprint density at radius 2 is 1.89 bits per heavy atom. The van der Waals surface area contributed by atoms with Crippen LogP contribution in [0, 0.1) is 6.92 Å². The Morgan fingerprint density at radius 3 is 2.32 bits per heavy atom. The van der Waals surface area contributed by atoms with Gasteiger partial charge in [0.25, 0.3) is 5.91 Å². The van der Waals surface area contributed by atoms with Crippen LogP contribution in [0.4, 0.5) is 0 Å². The summed E-state index contributed by atoms with van der Waals surface area (Å²) in [6.07, 6.45) is 0. The van der Waals surface area contributed by atoms with Crippen LogP contribution in [0.5, 0.6) is 0 Å². The van der Waals surface area contributed by atoms with E-state index < -0.39 is 11.5 Å². The van der Waals surface area contributed by atoms with Gasteiger partial charge >= 0.3 is 5.97 Å². The predicted molar refractivity (Wildman–Crippen MR) is 77.7 cm³/mol. The quantitative estimate of drug-likeness (QED) is 0.911. The molecule has 0 fully saturated rings. The number of benzene rings is 1. The molecule has 0 spiro atoms. The third-order valence-electron chi connectivity index (χ3n) is 3.12. The molecule has 1 N–H and O–H groups in total. The number of amides is 1. The molecule has 0 aliphatic heterocycles. The Bertz CT molecular complexity index is 520. The summed E-state index contributed by atoms with van der Waals surface area (Å²) >= 11 is 9.32. The van der Waals surface area contributed by atoms with Crippen molar-refractivity contribution in [2.75, 3.05) is 7.05 Å². The summed E-state index contributed by atoms with van der Waals surface area (Å²) in [6.45, 7) is 4.76. The van der Waals surface area contributed by atoms with Crippen molar-refractivity contribution in [3.63, 3.8) is 0 Å². The molecule has 1 rings (SSSR count). The Kier molecular flexibility index (Phi) is 4.63. The Balaban J connectivity index is 3.18. The number of carbonyl (C=O) groups excluding carboxylic acids is 1. The second kappa shape index (κ2) is 5.51. The van der Waals surface area contributed by atoms with E-state index >= 15 is 0 Å². The number of rotatable bonds is 3. The minimum absolute atomic E-state index is 0.363. The van der Waals surface area contributed by atoms with Crippen LogP contribution in [-0.2, 0) is 4.79 Å². The van der Waals surface area contributed by atoms with Gasteiger partial charge in [0.1, 0.15) is 5.54 Å². The number of halogens is 2. The third kappa shape index (κ3) is 3.09. The van der Waals surface area contributed by atoms with Crippen LogP contribution in [0.15, 0.2) is 16.6 Å². The molecule has 0 aliphatic rings. The van der Waals surface area contributed by atoms with Crippen molar-refractivity contribution in [2.24, 2.45) is 0 Å². The van der Waals surface area contributed by atoms with Crippen molar-refractivity contribution < 1.29 is 14.7 Å². The van der Waals surface area contributed by atoms with Gasteiger partial charge in [0.2, 0.25) is 0 Å². The number of hydrogen-bond donors (Lipinski definition) is 1. The molecule has 0 saturated carbocycles. The van der Waals surface area contributed by atoms with Gasteiger partial charge in [-0.2, -0.15) is 0 Å². The van der Waals surface area contributed by atoms with Gasteiger partial charge in [-0.15, -0.1) is 0 Å². The van der Waals surface area contributed by atoms with E-state index in [0.717, 1.165) is 10.0 Å². The zero-order chi connectivity index (χ0) is 15.0. The summed E-state index contributed by atoms with van der Waals surface area (Å²) in [4.78, 5) is 24.6. The average molecular weight is 349 g/mol. The molecule has 1 aromatic rings. The molecule has 0 heterocycles. The fraction of sp³-hybridized carbons (Fsp3) is 0.385. The molecule has 0 radical (unpaired) electrons. The fourth-order valence-electron chi connectivity index (χ4n) is 1.44. The fourth-order valence-corrected chi connectivity index (χ4v) is 1.94. The van der Waals surface area contributed by atoms with E-state index in [9.17, 15) is 9.59 Å². The minimum atomic E-state index is -1.29. The van der Waals surface area contributed by atoms with Crippen LogP contribution in [0.25, 0.3) is 0 Å². The van der Waals surface area contributed by atoms with Gasteiger partial charge in [-0.3, -0.25) is 4.79 Å². The third-order valence-corrected chi connectivity index (χ3v) is 4.70. The van der Waals surface area contributed by atoms with E-state index in [1.165, 1.54) is 31.9 Å². The van der Waals surface area contributed by atoms with Crippen LogP contribution >= 0.6 is 27.5 Å². The number of likely N-dealkylation sites (N-methyl/N-ethyl adjacent to an activating group) is 1. The summed E-state index contributed by atoms with van der Waals surface area (Å²) in [5, 5.41) is 9.55. The maximum absolute atomic E-state index is 12.3. The van der Waals surface area contributed by atoms with Crippen molar-refractivity contribution in [3.05, 3.63) is 32.8 Å². The first kappa shape index (κ1) is 16.0. The Labute approximate surface area is 125 Å². The van der Waals surface area contributed by atoms with Gasteiger partial charge in [-0.05, 0) is 54.4 Å². The van der Waals surface area contributed by atoms with Gasteiger partial charge in [0, 0.05) is 17.1 Å². The predicted octanol–water partition coefficient (Wildman–Crippen LogP) is 3.35. The summed E-state index contributed by atoms with van der Waals surface area (Å²) in [5.41, 5.74) is -0.107. The van der Waals surface area contributed by atoms with E-state index in [4.69, 9.17) is 16.7 Å². The lowest BCUT2D eigenvalue weighted by atomic mass is 10.0. The summed E-state index contributed by atoms with van der Waals surface area (Å²) in [5.74, 6) is -1.45. The summed E-state index contributed by atoms with van der Waals surface area (Å²) in [7, 11) is 1.46. The maximum atomic E-state index is 12.3. The van der Waals surface area contributed by atoms with Crippen molar-refractivity contribution in [1.82, 2.24) is 4.90 Å². The standard InChI is InChI=1S/C13H15BrClNO3/c1-7-5-8(6-9(15)10(7)14)11(17)16(4)13(2,3)12(18)19/h5-6H,1-4H3,(H,18,19). The van der Waals surface area contributed by atoms with Gasteiger partial charge in [0.05, 0.1) is 5.02 Å². The summed E-state index contributed by atoms with van der Waals surface area (Å²) in [6, 6.07) is 3.20. The first-order valence-electron chi connectivity index (χ1n) is 5.56. The number of carbonyl (C=O) groups is 2. The van der Waals surface area contributed by atoms with Crippen LogP contribution < -0.4 is 0 Å². The Morgan fingerprint density at radius 1 is 1.37 bits per heavy atom. The first-order chi connectivity index (χ1) is 8.59. The number of carboxylic acid groups (broad SMARTS) is 1. The highest BCUT2D eigenvalue weighted by Crippen LogP contribution is 2.28. The van der Waals surface area contributed by atoms with Crippen molar-refractivity contribution in [3.8, 4) is 0 Å². The highest BCUT2D eigenvalue weighted by atomic mass is 79.9. The molecule has 1 aromatic carbocycles. The lowest BCUT2D eigenvalue weighted by molar-refractivity contribution is -0.147. The van der Waals surface area contributed by atoms with Crippen LogP contribution in [0.3, 0.4) is 0 Å². The molecule has 0 bridgehead atoms. The van der Waals surface area contributed by atoms with E-state index in [2.05, 4.69) is 15.9 Å². The van der Waals surface area contributed by atoms with Crippen LogP contribution in [-0.4, -0.2) is 34.5 Å². The molecule has 0 aliphatic carbocycles. The minimum Gasteiger partial charge on any atom is -0.480 e. The second-order valence-corrected chi connectivity index (χ2v) is 6.02. The van der Waals surface area contributed by atoms with Crippen LogP contribution in [0.2, 0.25) is 5.02 Å². The molecular weight excluding hydrogens is 334 g/mol. The van der Waals surface area contributed by atoms with E-state index in [1.807, 2.05) is 6.92 Å². The molecule has 1 amide bonds. The highest BCUT2D eigenvalue weighted by Gasteiger charge is 2.35. The molecule has 4 nitrogen and oxygen atoms in total. The molecule has 104 valence electrons. The van der Waals surface area contributed by atoms with E-state index in [1.54, 1.807) is 6.07 Å². The van der Waals surface area contributed by atoms with Crippen molar-refractivity contribution in [2.45, 2.75) is 26.3 Å². The second-order valence-electron chi connectivity index (χ2n) is 4.82. The monoisotopic (exact) mass is 347 g/mol. The number of hydrogen-bond acceptors (Lipinski definition) is 2. The number of aryl methyl sites for hydroxylation is 1. The van der Waals surface area contributed by atoms with Gasteiger partial charge in [-0.25, -0.2) is 4.79 Å². The zero-order valence-corrected chi connectivity index (χ0v) is 13.5. The normalized spacial score (nSPS) is 11.3. The molecule has 0 atom stereocenters. The molecule has 6 heteroatoms. The number of aliphatic carboxylic acids is 1. The molecule has 0 unspecified atom stereocenters. The maximum Gasteiger partial charge on any atom is 0.329 e. The van der Waals surface area contributed by atoms with Crippen molar-refractivity contribution >= 4 is 39.4 Å². The topological polar surface area (TPSA) is 57.6 Å². The number of nitrogens with zero attached hydrogens (tertiary/aromatic N) is 1. The lowest BCUT2D eigenvalue weighted by Crippen LogP contribution is -2.50. The number of carboxylic acids is 1.